The monoisotopic (exact) mass is 314 g/mol. The molecule has 0 aliphatic carbocycles. The van der Waals surface area contributed by atoms with Crippen molar-refractivity contribution in [1.29, 1.82) is 0 Å². The molecule has 0 bridgehead atoms. The molecule has 2 aromatic carbocycles. The maximum absolute atomic E-state index is 12.1. The lowest BCUT2D eigenvalue weighted by molar-refractivity contribution is 0.134. The minimum atomic E-state index is -0.264. The summed E-state index contributed by atoms with van der Waals surface area (Å²) in [6.45, 7) is 3.44. The highest BCUT2D eigenvalue weighted by atomic mass is 16.5. The van der Waals surface area contributed by atoms with Gasteiger partial charge < -0.3 is 20.1 Å². The fourth-order valence-electron chi connectivity index (χ4n) is 2.17. The van der Waals surface area contributed by atoms with Crippen LogP contribution >= 0.6 is 0 Å². The highest BCUT2D eigenvalue weighted by molar-refractivity contribution is 5.90. The van der Waals surface area contributed by atoms with E-state index in [4.69, 9.17) is 9.47 Å². The molecule has 0 spiro atoms. The first kappa shape index (κ1) is 16.8. The highest BCUT2D eigenvalue weighted by Gasteiger charge is 2.08. The quantitative estimate of drug-likeness (QED) is 0.821. The van der Waals surface area contributed by atoms with Crippen molar-refractivity contribution in [2.24, 2.45) is 0 Å². The molecule has 2 N–H and O–H groups in total. The van der Waals surface area contributed by atoms with Gasteiger partial charge >= 0.3 is 6.03 Å². The Hall–Kier alpha value is -2.53. The number of para-hydroxylation sites is 2. The average molecular weight is 314 g/mol. The zero-order valence-corrected chi connectivity index (χ0v) is 13.5. The van der Waals surface area contributed by atoms with Crippen LogP contribution in [0.4, 0.5) is 10.5 Å². The number of methoxy groups -OCH3 is 1. The molecule has 0 aliphatic rings. The molecule has 2 rings (SSSR count). The van der Waals surface area contributed by atoms with Crippen LogP contribution in [-0.2, 0) is 17.9 Å². The van der Waals surface area contributed by atoms with Gasteiger partial charge in [0.15, 0.2) is 0 Å². The van der Waals surface area contributed by atoms with E-state index >= 15 is 0 Å². The number of urea groups is 1. The normalized spacial score (nSPS) is 10.2. The van der Waals surface area contributed by atoms with E-state index < -0.39 is 0 Å². The number of hydrogen-bond acceptors (Lipinski definition) is 3. The number of rotatable bonds is 7. The SMILES string of the molecule is CCOCc1ccccc1NC(=O)NCc1ccccc1OC. The lowest BCUT2D eigenvalue weighted by atomic mass is 10.2. The van der Waals surface area contributed by atoms with Crippen LogP contribution in [0.2, 0.25) is 0 Å². The van der Waals surface area contributed by atoms with Gasteiger partial charge in [-0.05, 0) is 19.1 Å². The third kappa shape index (κ3) is 5.00. The zero-order valence-electron chi connectivity index (χ0n) is 13.5. The lowest BCUT2D eigenvalue weighted by Gasteiger charge is -2.13. The van der Waals surface area contributed by atoms with Crippen LogP contribution in [0.1, 0.15) is 18.1 Å². The molecule has 0 saturated heterocycles. The third-order valence-electron chi connectivity index (χ3n) is 3.36. The minimum Gasteiger partial charge on any atom is -0.496 e. The predicted molar refractivity (Wildman–Crippen MR) is 90.6 cm³/mol. The highest BCUT2D eigenvalue weighted by Crippen LogP contribution is 2.18. The van der Waals surface area contributed by atoms with Crippen molar-refractivity contribution in [2.75, 3.05) is 19.0 Å². The maximum Gasteiger partial charge on any atom is 0.319 e. The van der Waals surface area contributed by atoms with E-state index in [0.717, 1.165) is 22.6 Å². The van der Waals surface area contributed by atoms with Crippen molar-refractivity contribution >= 4 is 11.7 Å². The molecule has 0 radical (unpaired) electrons. The Morgan fingerprint density at radius 3 is 2.48 bits per heavy atom. The number of amides is 2. The van der Waals surface area contributed by atoms with E-state index in [1.807, 2.05) is 55.5 Å². The Morgan fingerprint density at radius 1 is 1.04 bits per heavy atom. The molecule has 0 aromatic heterocycles. The van der Waals surface area contributed by atoms with Crippen LogP contribution in [0.25, 0.3) is 0 Å². The molecule has 5 nitrogen and oxygen atoms in total. The first-order valence-electron chi connectivity index (χ1n) is 7.57. The molecule has 2 aromatic rings. The molecular weight excluding hydrogens is 292 g/mol. The summed E-state index contributed by atoms with van der Waals surface area (Å²) in [7, 11) is 1.61. The number of ether oxygens (including phenoxy) is 2. The van der Waals surface area contributed by atoms with E-state index in [1.54, 1.807) is 7.11 Å². The van der Waals surface area contributed by atoms with E-state index in [0.29, 0.717) is 19.8 Å². The van der Waals surface area contributed by atoms with Crippen molar-refractivity contribution < 1.29 is 14.3 Å². The average Bonchev–Trinajstić information content (AvgIpc) is 2.59. The summed E-state index contributed by atoms with van der Waals surface area (Å²) in [6, 6.07) is 14.9. The molecule has 122 valence electrons. The van der Waals surface area contributed by atoms with Gasteiger partial charge in [-0.15, -0.1) is 0 Å². The van der Waals surface area contributed by atoms with Gasteiger partial charge in [0.25, 0.3) is 0 Å². The molecule has 0 unspecified atom stereocenters. The number of hydrogen-bond donors (Lipinski definition) is 2. The van der Waals surface area contributed by atoms with Gasteiger partial charge in [-0.1, -0.05) is 36.4 Å². The topological polar surface area (TPSA) is 59.6 Å². The maximum atomic E-state index is 12.1. The second-order valence-electron chi connectivity index (χ2n) is 4.91. The van der Waals surface area contributed by atoms with Crippen molar-refractivity contribution in [2.45, 2.75) is 20.1 Å². The van der Waals surface area contributed by atoms with Gasteiger partial charge in [-0.2, -0.15) is 0 Å². The van der Waals surface area contributed by atoms with Crippen molar-refractivity contribution in [3.05, 3.63) is 59.7 Å². The van der Waals surface area contributed by atoms with Gasteiger partial charge in [0.2, 0.25) is 0 Å². The summed E-state index contributed by atoms with van der Waals surface area (Å²) >= 11 is 0. The van der Waals surface area contributed by atoms with Crippen LogP contribution in [0, 0.1) is 0 Å². The Kier molecular flexibility index (Phi) is 6.44. The van der Waals surface area contributed by atoms with E-state index in [2.05, 4.69) is 10.6 Å². The Labute approximate surface area is 136 Å². The first-order valence-corrected chi connectivity index (χ1v) is 7.57. The predicted octanol–water partition coefficient (Wildman–Crippen LogP) is 3.55. The summed E-state index contributed by atoms with van der Waals surface area (Å²) in [6.07, 6.45) is 0. The smallest absolute Gasteiger partial charge is 0.319 e. The van der Waals surface area contributed by atoms with Crippen molar-refractivity contribution in [1.82, 2.24) is 5.32 Å². The van der Waals surface area contributed by atoms with E-state index in [9.17, 15) is 4.79 Å². The number of carbonyl (C=O) groups excluding carboxylic acids is 1. The van der Waals surface area contributed by atoms with Gasteiger partial charge in [0, 0.05) is 30.0 Å². The Morgan fingerprint density at radius 2 is 1.74 bits per heavy atom. The van der Waals surface area contributed by atoms with Crippen molar-refractivity contribution in [3.63, 3.8) is 0 Å². The fourth-order valence-corrected chi connectivity index (χ4v) is 2.17. The van der Waals surface area contributed by atoms with E-state index in [1.165, 1.54) is 0 Å². The van der Waals surface area contributed by atoms with Crippen LogP contribution in [0.15, 0.2) is 48.5 Å². The largest absolute Gasteiger partial charge is 0.496 e. The molecule has 5 heteroatoms. The van der Waals surface area contributed by atoms with Crippen molar-refractivity contribution in [3.8, 4) is 5.75 Å². The number of carbonyl (C=O) groups is 1. The van der Waals surface area contributed by atoms with Gasteiger partial charge in [-0.25, -0.2) is 4.79 Å². The number of nitrogens with one attached hydrogen (secondary N) is 2. The second-order valence-corrected chi connectivity index (χ2v) is 4.91. The molecule has 0 fully saturated rings. The summed E-state index contributed by atoms with van der Waals surface area (Å²) in [4.78, 5) is 12.1. The molecule has 23 heavy (non-hydrogen) atoms. The molecule has 0 aliphatic heterocycles. The Bertz CT molecular complexity index is 644. The number of benzene rings is 2. The molecule has 0 saturated carbocycles. The minimum absolute atomic E-state index is 0.264. The summed E-state index contributed by atoms with van der Waals surface area (Å²) in [5.41, 5.74) is 2.62. The summed E-state index contributed by atoms with van der Waals surface area (Å²) in [5.74, 6) is 0.754. The number of anilines is 1. The first-order chi connectivity index (χ1) is 11.2. The van der Waals surface area contributed by atoms with Crippen LogP contribution in [0.3, 0.4) is 0 Å². The van der Waals surface area contributed by atoms with E-state index in [-0.39, 0.29) is 6.03 Å². The second kappa shape index (κ2) is 8.80. The Balaban J connectivity index is 1.95. The molecule has 0 atom stereocenters. The van der Waals surface area contributed by atoms with Gasteiger partial charge in [0.05, 0.1) is 13.7 Å². The van der Waals surface area contributed by atoms with Gasteiger partial charge in [-0.3, -0.25) is 0 Å². The van der Waals surface area contributed by atoms with Crippen LogP contribution in [0.5, 0.6) is 5.75 Å². The summed E-state index contributed by atoms with van der Waals surface area (Å²) in [5, 5.41) is 5.69. The molecular formula is C18H22N2O3. The lowest BCUT2D eigenvalue weighted by Crippen LogP contribution is -2.28. The van der Waals surface area contributed by atoms with Gasteiger partial charge in [0.1, 0.15) is 5.75 Å². The van der Waals surface area contributed by atoms with Crippen LogP contribution < -0.4 is 15.4 Å². The molecule has 0 heterocycles. The molecule has 2 amide bonds. The van der Waals surface area contributed by atoms with Crippen LogP contribution in [-0.4, -0.2) is 19.7 Å². The standard InChI is InChI=1S/C18H22N2O3/c1-3-23-13-15-9-4-6-10-16(15)20-18(21)19-12-14-8-5-7-11-17(14)22-2/h4-11H,3,12-13H2,1-2H3,(H2,19,20,21). The zero-order chi connectivity index (χ0) is 16.5. The summed E-state index contributed by atoms with van der Waals surface area (Å²) < 4.78 is 10.7. The third-order valence-corrected chi connectivity index (χ3v) is 3.36. The fraction of sp³-hybridized carbons (Fsp3) is 0.278.